The maximum atomic E-state index is 12.4. The van der Waals surface area contributed by atoms with Gasteiger partial charge in [-0.1, -0.05) is 30.3 Å². The molecule has 2 amide bonds. The number of aliphatic hydroxyl groups is 1. The number of nitrogens with one attached hydrogen (secondary N) is 3. The molecule has 10 heteroatoms. The third-order valence-electron chi connectivity index (χ3n) is 3.08. The van der Waals surface area contributed by atoms with Gasteiger partial charge in [0, 0.05) is 0 Å². The lowest BCUT2D eigenvalue weighted by Gasteiger charge is -2.16. The van der Waals surface area contributed by atoms with Crippen LogP contribution >= 0.6 is 0 Å². The van der Waals surface area contributed by atoms with E-state index in [-0.39, 0.29) is 19.0 Å². The molecule has 24 heavy (non-hydrogen) atoms. The minimum Gasteiger partial charge on any atom is -0.394 e. The number of urea groups is 1. The molecule has 2 rings (SSSR count). The van der Waals surface area contributed by atoms with E-state index in [2.05, 4.69) is 25.8 Å². The number of hydrogen-bond donors (Lipinski definition) is 4. The molecule has 1 aromatic heterocycles. The van der Waals surface area contributed by atoms with E-state index in [0.29, 0.717) is 6.42 Å². The summed E-state index contributed by atoms with van der Waals surface area (Å²) in [6, 6.07) is 8.09. The van der Waals surface area contributed by atoms with Gasteiger partial charge in [0.25, 0.3) is 5.82 Å². The Hall–Kier alpha value is -2.62. The van der Waals surface area contributed by atoms with Crippen LogP contribution in [0.4, 0.5) is 18.0 Å². The zero-order valence-electron chi connectivity index (χ0n) is 12.5. The molecule has 0 aliphatic heterocycles. The van der Waals surface area contributed by atoms with E-state index in [9.17, 15) is 23.1 Å². The molecule has 0 spiro atoms. The van der Waals surface area contributed by atoms with E-state index in [4.69, 9.17) is 0 Å². The van der Waals surface area contributed by atoms with Gasteiger partial charge >= 0.3 is 12.2 Å². The molecule has 0 saturated heterocycles. The van der Waals surface area contributed by atoms with Crippen LogP contribution in [-0.2, 0) is 19.1 Å². The molecule has 0 saturated carbocycles. The van der Waals surface area contributed by atoms with Crippen molar-refractivity contribution >= 4 is 6.03 Å². The number of H-pyrrole nitrogens is 1. The summed E-state index contributed by atoms with van der Waals surface area (Å²) in [5.41, 5.74) is 0.932. The second kappa shape index (κ2) is 7.77. The molecule has 0 aliphatic carbocycles. The van der Waals surface area contributed by atoms with E-state index < -0.39 is 24.1 Å². The van der Waals surface area contributed by atoms with Crippen LogP contribution < -0.4 is 10.6 Å². The van der Waals surface area contributed by atoms with Crippen molar-refractivity contribution in [1.29, 1.82) is 0 Å². The summed E-state index contributed by atoms with van der Waals surface area (Å²) < 4.78 is 37.1. The number of rotatable bonds is 6. The molecule has 0 unspecified atom stereocenters. The predicted octanol–water partition coefficient (Wildman–Crippen LogP) is 1.23. The second-order valence-corrected chi connectivity index (χ2v) is 5.00. The van der Waals surface area contributed by atoms with Gasteiger partial charge in [-0.15, -0.1) is 5.10 Å². The minimum absolute atomic E-state index is 0.124. The van der Waals surface area contributed by atoms with Gasteiger partial charge in [-0.25, -0.2) is 9.78 Å². The summed E-state index contributed by atoms with van der Waals surface area (Å²) in [4.78, 5) is 15.0. The number of aromatic nitrogens is 3. The lowest BCUT2D eigenvalue weighted by Crippen LogP contribution is -2.44. The van der Waals surface area contributed by atoms with E-state index in [1.54, 1.807) is 0 Å². The topological polar surface area (TPSA) is 103 Å². The van der Waals surface area contributed by atoms with Gasteiger partial charge in [-0.2, -0.15) is 13.2 Å². The average molecular weight is 343 g/mol. The summed E-state index contributed by atoms with van der Waals surface area (Å²) in [5.74, 6) is -1.42. The van der Waals surface area contributed by atoms with Gasteiger partial charge in [-0.3, -0.25) is 5.10 Å². The fourth-order valence-corrected chi connectivity index (χ4v) is 1.96. The first-order valence-corrected chi connectivity index (χ1v) is 7.06. The van der Waals surface area contributed by atoms with Crippen molar-refractivity contribution in [1.82, 2.24) is 25.8 Å². The molecule has 1 atom stereocenters. The summed E-state index contributed by atoms with van der Waals surface area (Å²) in [6.07, 6.45) is -4.22. The first-order chi connectivity index (χ1) is 11.4. The first kappa shape index (κ1) is 17.7. The number of amides is 2. The van der Waals surface area contributed by atoms with Crippen molar-refractivity contribution in [2.45, 2.75) is 25.2 Å². The fourth-order valence-electron chi connectivity index (χ4n) is 1.96. The van der Waals surface area contributed by atoms with E-state index >= 15 is 0 Å². The quantitative estimate of drug-likeness (QED) is 0.633. The number of hydrogen-bond acceptors (Lipinski definition) is 4. The van der Waals surface area contributed by atoms with Gasteiger partial charge < -0.3 is 15.7 Å². The van der Waals surface area contributed by atoms with Crippen LogP contribution in [0.15, 0.2) is 30.3 Å². The van der Waals surface area contributed by atoms with Crippen LogP contribution in [0.25, 0.3) is 0 Å². The number of carbonyl (C=O) groups excluding carboxylic acids is 1. The second-order valence-electron chi connectivity index (χ2n) is 5.00. The fraction of sp³-hybridized carbons (Fsp3) is 0.357. The monoisotopic (exact) mass is 343 g/mol. The lowest BCUT2D eigenvalue weighted by molar-refractivity contribution is -0.144. The highest BCUT2D eigenvalue weighted by molar-refractivity contribution is 5.74. The number of nitrogens with zero attached hydrogens (tertiary/aromatic N) is 2. The molecule has 0 fully saturated rings. The molecule has 0 aliphatic rings. The normalized spacial score (nSPS) is 12.7. The largest absolute Gasteiger partial charge is 0.453 e. The summed E-state index contributed by atoms with van der Waals surface area (Å²) in [6.45, 7) is -0.527. The predicted molar refractivity (Wildman–Crippen MR) is 77.8 cm³/mol. The summed E-state index contributed by atoms with van der Waals surface area (Å²) in [5, 5.41) is 19.3. The zero-order chi connectivity index (χ0) is 17.6. The maximum Gasteiger partial charge on any atom is 0.453 e. The Morgan fingerprint density at radius 2 is 2.00 bits per heavy atom. The smallest absolute Gasteiger partial charge is 0.394 e. The van der Waals surface area contributed by atoms with Crippen molar-refractivity contribution in [2.24, 2.45) is 0 Å². The van der Waals surface area contributed by atoms with E-state index in [1.807, 2.05) is 30.3 Å². The molecule has 0 radical (unpaired) electrons. The van der Waals surface area contributed by atoms with Gasteiger partial charge in [0.05, 0.1) is 19.2 Å². The molecular weight excluding hydrogens is 327 g/mol. The van der Waals surface area contributed by atoms with Gasteiger partial charge in [0.15, 0.2) is 0 Å². The molecule has 130 valence electrons. The van der Waals surface area contributed by atoms with Crippen molar-refractivity contribution in [3.05, 3.63) is 47.5 Å². The standard InChI is InChI=1S/C14H16F3N5O2/c15-14(16,17)12-20-11(21-22-12)7-18-13(24)19-10(8-23)6-9-4-2-1-3-5-9/h1-5,10,23H,6-8H2,(H2,18,19,24)(H,20,21,22)/t10-/m1/s1. The van der Waals surface area contributed by atoms with Crippen LogP contribution in [0.5, 0.6) is 0 Å². The Labute approximate surface area is 135 Å². The van der Waals surface area contributed by atoms with Gasteiger partial charge in [-0.05, 0) is 12.0 Å². The average Bonchev–Trinajstić information content (AvgIpc) is 3.02. The number of carbonyl (C=O) groups is 1. The summed E-state index contributed by atoms with van der Waals surface area (Å²) >= 11 is 0. The molecule has 7 nitrogen and oxygen atoms in total. The third-order valence-corrected chi connectivity index (χ3v) is 3.08. The number of aromatic amines is 1. The van der Waals surface area contributed by atoms with Crippen LogP contribution in [0.1, 0.15) is 17.2 Å². The third kappa shape index (κ3) is 5.23. The Morgan fingerprint density at radius 1 is 1.29 bits per heavy atom. The minimum atomic E-state index is -4.64. The molecule has 0 bridgehead atoms. The Bertz CT molecular complexity index is 660. The van der Waals surface area contributed by atoms with Crippen molar-refractivity contribution in [3.63, 3.8) is 0 Å². The maximum absolute atomic E-state index is 12.4. The highest BCUT2D eigenvalue weighted by Gasteiger charge is 2.36. The van der Waals surface area contributed by atoms with E-state index in [1.165, 1.54) is 0 Å². The zero-order valence-corrected chi connectivity index (χ0v) is 12.5. The SMILES string of the molecule is O=C(NCc1nc(C(F)(F)F)n[nH]1)N[C@@H](CO)Cc1ccccc1. The summed E-state index contributed by atoms with van der Waals surface area (Å²) in [7, 11) is 0. The molecule has 1 aromatic carbocycles. The first-order valence-electron chi connectivity index (χ1n) is 7.06. The Morgan fingerprint density at radius 3 is 2.58 bits per heavy atom. The van der Waals surface area contributed by atoms with Gasteiger partial charge in [0.1, 0.15) is 5.82 Å². The molecule has 1 heterocycles. The van der Waals surface area contributed by atoms with Gasteiger partial charge in [0.2, 0.25) is 0 Å². The van der Waals surface area contributed by atoms with Crippen LogP contribution in [0.3, 0.4) is 0 Å². The van der Waals surface area contributed by atoms with Crippen LogP contribution in [0.2, 0.25) is 0 Å². The Balaban J connectivity index is 1.82. The van der Waals surface area contributed by atoms with Crippen molar-refractivity contribution in [2.75, 3.05) is 6.61 Å². The van der Waals surface area contributed by atoms with Crippen molar-refractivity contribution in [3.8, 4) is 0 Å². The number of alkyl halides is 3. The number of benzene rings is 1. The highest BCUT2D eigenvalue weighted by atomic mass is 19.4. The lowest BCUT2D eigenvalue weighted by atomic mass is 10.1. The Kier molecular flexibility index (Phi) is 5.74. The molecule has 4 N–H and O–H groups in total. The molecule has 2 aromatic rings. The van der Waals surface area contributed by atoms with E-state index in [0.717, 1.165) is 5.56 Å². The number of halogens is 3. The van der Waals surface area contributed by atoms with Crippen molar-refractivity contribution < 1.29 is 23.1 Å². The number of aliphatic hydroxyl groups excluding tert-OH is 1. The highest BCUT2D eigenvalue weighted by Crippen LogP contribution is 2.25. The van der Waals surface area contributed by atoms with Crippen LogP contribution in [0, 0.1) is 0 Å². The molecular formula is C14H16F3N5O2. The van der Waals surface area contributed by atoms with Crippen LogP contribution in [-0.4, -0.2) is 39.0 Å².